The van der Waals surface area contributed by atoms with Crippen LogP contribution in [-0.2, 0) is 0 Å². The maximum atomic E-state index is 13.3. The SMILES string of the molecule is CC(C)c1cnc2c(C(=O)Nc3cnccc3N3CC(C)C(N=CC=NN)C(N)C3)c(N)oc2c1. The first-order valence-corrected chi connectivity index (χ1v) is 11.5. The Morgan fingerprint density at radius 2 is 2.11 bits per heavy atom. The molecule has 4 heterocycles. The fourth-order valence-corrected chi connectivity index (χ4v) is 4.44. The average Bonchev–Trinajstić information content (AvgIpc) is 3.16. The predicted molar refractivity (Wildman–Crippen MR) is 139 cm³/mol. The molecular formula is C24H31N9O2. The summed E-state index contributed by atoms with van der Waals surface area (Å²) in [6, 6.07) is 3.43. The van der Waals surface area contributed by atoms with E-state index in [0.29, 0.717) is 29.9 Å². The van der Waals surface area contributed by atoms with E-state index in [9.17, 15) is 4.79 Å². The number of carbonyl (C=O) groups is 1. The van der Waals surface area contributed by atoms with Crippen LogP contribution < -0.4 is 27.5 Å². The van der Waals surface area contributed by atoms with Crippen molar-refractivity contribution < 1.29 is 9.21 Å². The molecule has 3 aromatic rings. The van der Waals surface area contributed by atoms with E-state index in [2.05, 4.69) is 51.0 Å². The first-order chi connectivity index (χ1) is 16.8. The normalized spacial score (nSPS) is 20.9. The van der Waals surface area contributed by atoms with Crippen LogP contribution in [-0.4, -0.2) is 53.5 Å². The van der Waals surface area contributed by atoms with E-state index < -0.39 is 5.91 Å². The maximum absolute atomic E-state index is 13.3. The third-order valence-electron chi connectivity index (χ3n) is 6.23. The number of anilines is 3. The van der Waals surface area contributed by atoms with E-state index in [-0.39, 0.29) is 35.4 Å². The molecule has 3 atom stereocenters. The number of nitrogen functional groups attached to an aromatic ring is 1. The molecule has 4 rings (SSSR count). The molecule has 1 aliphatic heterocycles. The van der Waals surface area contributed by atoms with Gasteiger partial charge in [0.1, 0.15) is 11.1 Å². The van der Waals surface area contributed by atoms with Gasteiger partial charge in [-0.1, -0.05) is 20.8 Å². The largest absolute Gasteiger partial charge is 0.438 e. The van der Waals surface area contributed by atoms with Gasteiger partial charge in [0.05, 0.1) is 29.8 Å². The molecular weight excluding hydrogens is 446 g/mol. The van der Waals surface area contributed by atoms with E-state index in [1.165, 1.54) is 6.21 Å². The Balaban J connectivity index is 1.58. The predicted octanol–water partition coefficient (Wildman–Crippen LogP) is 2.35. The van der Waals surface area contributed by atoms with Crippen molar-refractivity contribution in [3.8, 4) is 0 Å². The summed E-state index contributed by atoms with van der Waals surface area (Å²) in [5, 5.41) is 6.38. The number of carbonyl (C=O) groups excluding carboxylic acids is 1. The second-order valence-corrected chi connectivity index (χ2v) is 9.09. The van der Waals surface area contributed by atoms with Crippen LogP contribution in [0.5, 0.6) is 0 Å². The van der Waals surface area contributed by atoms with E-state index in [1.807, 2.05) is 12.1 Å². The summed E-state index contributed by atoms with van der Waals surface area (Å²) >= 11 is 0. The Bertz CT molecular complexity index is 1260. The van der Waals surface area contributed by atoms with Crippen LogP contribution in [0.3, 0.4) is 0 Å². The molecule has 0 aliphatic carbocycles. The van der Waals surface area contributed by atoms with Crippen molar-refractivity contribution in [1.29, 1.82) is 0 Å². The number of piperidine rings is 1. The van der Waals surface area contributed by atoms with Crippen molar-refractivity contribution in [1.82, 2.24) is 9.97 Å². The molecule has 1 amide bonds. The smallest absolute Gasteiger partial charge is 0.263 e. The van der Waals surface area contributed by atoms with Gasteiger partial charge < -0.3 is 31.9 Å². The number of furan rings is 1. The number of hydrogen-bond acceptors (Lipinski definition) is 10. The number of aliphatic imine (C=N–C) groups is 1. The number of nitrogens with zero attached hydrogens (tertiary/aromatic N) is 5. The summed E-state index contributed by atoms with van der Waals surface area (Å²) in [4.78, 5) is 28.6. The Labute approximate surface area is 203 Å². The molecule has 184 valence electrons. The number of hydrogen-bond donors (Lipinski definition) is 4. The van der Waals surface area contributed by atoms with Crippen LogP contribution in [0, 0.1) is 5.92 Å². The zero-order valence-electron chi connectivity index (χ0n) is 20.0. The monoisotopic (exact) mass is 477 g/mol. The molecule has 3 unspecified atom stereocenters. The van der Waals surface area contributed by atoms with Crippen LogP contribution in [0.1, 0.15) is 42.6 Å². The lowest BCUT2D eigenvalue weighted by molar-refractivity contribution is 0.102. The van der Waals surface area contributed by atoms with Gasteiger partial charge in [-0.15, -0.1) is 0 Å². The van der Waals surface area contributed by atoms with Gasteiger partial charge in [0.25, 0.3) is 5.91 Å². The van der Waals surface area contributed by atoms with Crippen LogP contribution in [0.15, 0.2) is 45.2 Å². The number of rotatable bonds is 6. The molecule has 3 aromatic heterocycles. The molecule has 1 saturated heterocycles. The van der Waals surface area contributed by atoms with Gasteiger partial charge in [-0.2, -0.15) is 5.10 Å². The standard InChI is InChI=1S/C24H31N9O2/c1-13(2)15-8-19-22(30-9-15)20(23(26)35-19)24(34)32-17-10-28-5-4-18(17)33-11-14(3)21(16(25)12-33)29-6-7-31-27/h4-10,13-14,16,21H,11-12,25-27H2,1-3H3,(H,32,34). The number of aromatic nitrogens is 2. The first-order valence-electron chi connectivity index (χ1n) is 11.5. The van der Waals surface area contributed by atoms with Gasteiger partial charge in [-0.05, 0) is 29.5 Å². The van der Waals surface area contributed by atoms with Gasteiger partial charge in [-0.25, -0.2) is 0 Å². The molecule has 35 heavy (non-hydrogen) atoms. The zero-order valence-corrected chi connectivity index (χ0v) is 20.0. The Morgan fingerprint density at radius 3 is 2.83 bits per heavy atom. The van der Waals surface area contributed by atoms with E-state index in [0.717, 1.165) is 11.3 Å². The molecule has 0 saturated carbocycles. The number of hydrazone groups is 1. The second kappa shape index (κ2) is 10.1. The highest BCUT2D eigenvalue weighted by Crippen LogP contribution is 2.33. The number of fused-ring (bicyclic) bond motifs is 1. The van der Waals surface area contributed by atoms with Gasteiger partial charge in [0.15, 0.2) is 5.58 Å². The maximum Gasteiger partial charge on any atom is 0.263 e. The van der Waals surface area contributed by atoms with Gasteiger partial charge in [0, 0.05) is 37.7 Å². The Kier molecular flexibility index (Phi) is 6.97. The number of pyridine rings is 2. The lowest BCUT2D eigenvalue weighted by atomic mass is 9.90. The highest BCUT2D eigenvalue weighted by atomic mass is 16.3. The Morgan fingerprint density at radius 1 is 1.31 bits per heavy atom. The highest BCUT2D eigenvalue weighted by molar-refractivity contribution is 6.16. The minimum atomic E-state index is -0.418. The quantitative estimate of drug-likeness (QED) is 0.238. The van der Waals surface area contributed by atoms with E-state index >= 15 is 0 Å². The van der Waals surface area contributed by atoms with Gasteiger partial charge >= 0.3 is 0 Å². The van der Waals surface area contributed by atoms with Crippen molar-refractivity contribution >= 4 is 46.7 Å². The lowest BCUT2D eigenvalue weighted by Crippen LogP contribution is -2.55. The van der Waals surface area contributed by atoms with Gasteiger partial charge in [-0.3, -0.25) is 19.8 Å². The average molecular weight is 478 g/mol. The van der Waals surface area contributed by atoms with Crippen molar-refractivity contribution in [2.24, 2.45) is 27.6 Å². The van der Waals surface area contributed by atoms with Crippen molar-refractivity contribution in [2.75, 3.05) is 29.0 Å². The fraction of sp³-hybridized carbons (Fsp3) is 0.375. The molecule has 11 nitrogen and oxygen atoms in total. The van der Waals surface area contributed by atoms with Crippen molar-refractivity contribution in [3.05, 3.63) is 41.9 Å². The van der Waals surface area contributed by atoms with E-state index in [1.54, 1.807) is 24.8 Å². The minimum absolute atomic E-state index is 0.0201. The molecule has 0 radical (unpaired) electrons. The summed E-state index contributed by atoms with van der Waals surface area (Å²) < 4.78 is 5.66. The first kappa shape index (κ1) is 24.1. The second-order valence-electron chi connectivity index (χ2n) is 9.09. The van der Waals surface area contributed by atoms with Crippen molar-refractivity contribution in [3.63, 3.8) is 0 Å². The molecule has 11 heteroatoms. The number of nitrogens with one attached hydrogen (secondary N) is 1. The highest BCUT2D eigenvalue weighted by Gasteiger charge is 2.33. The molecule has 1 aliphatic rings. The number of amides is 1. The molecule has 0 spiro atoms. The molecule has 0 bridgehead atoms. The summed E-state index contributed by atoms with van der Waals surface area (Å²) in [5.41, 5.74) is 16.0. The third kappa shape index (κ3) is 4.94. The van der Waals surface area contributed by atoms with Crippen molar-refractivity contribution in [2.45, 2.75) is 38.8 Å². The Hall–Kier alpha value is -3.99. The fourth-order valence-electron chi connectivity index (χ4n) is 4.44. The molecule has 0 aromatic carbocycles. The third-order valence-corrected chi connectivity index (χ3v) is 6.23. The van der Waals surface area contributed by atoms with Crippen LogP contribution >= 0.6 is 0 Å². The summed E-state index contributed by atoms with van der Waals surface area (Å²) in [6.45, 7) is 7.45. The van der Waals surface area contributed by atoms with Crippen LogP contribution in [0.4, 0.5) is 17.3 Å². The molecule has 7 N–H and O–H groups in total. The number of nitrogens with two attached hydrogens (primary N) is 3. The topological polar surface area (TPSA) is 174 Å². The lowest BCUT2D eigenvalue weighted by Gasteiger charge is -2.41. The van der Waals surface area contributed by atoms with Gasteiger partial charge in [0.2, 0.25) is 5.88 Å². The zero-order chi connectivity index (χ0) is 25.1. The minimum Gasteiger partial charge on any atom is -0.438 e. The summed E-state index contributed by atoms with van der Waals surface area (Å²) in [6.07, 6.45) is 8.04. The summed E-state index contributed by atoms with van der Waals surface area (Å²) in [7, 11) is 0. The van der Waals surface area contributed by atoms with Crippen LogP contribution in [0.25, 0.3) is 11.1 Å². The molecule has 1 fully saturated rings. The van der Waals surface area contributed by atoms with Crippen LogP contribution in [0.2, 0.25) is 0 Å². The van der Waals surface area contributed by atoms with E-state index in [4.69, 9.17) is 21.7 Å². The summed E-state index contributed by atoms with van der Waals surface area (Å²) in [5.74, 6) is 5.17.